The normalized spacial score (nSPS) is 12.7. The molecule has 0 fully saturated rings. The van der Waals surface area contributed by atoms with Crippen LogP contribution in [0.1, 0.15) is 31.9 Å². The Bertz CT molecular complexity index is 425. The molecule has 0 unspecified atom stereocenters. The smallest absolute Gasteiger partial charge is 0.131 e. The third kappa shape index (κ3) is 2.58. The molecule has 2 heteroatoms. The van der Waals surface area contributed by atoms with Gasteiger partial charge in [0.2, 0.25) is 0 Å². The monoisotopic (exact) mass is 220 g/mol. The van der Waals surface area contributed by atoms with Crippen molar-refractivity contribution in [2.24, 2.45) is 0 Å². The lowest BCUT2D eigenvalue weighted by Gasteiger charge is -2.19. The minimum absolute atomic E-state index is 0.305. The molecule has 0 aliphatic heterocycles. The molecular formula is C14H17FO. The maximum atomic E-state index is 13.6. The van der Waals surface area contributed by atoms with Gasteiger partial charge in [-0.15, -0.1) is 0 Å². The maximum Gasteiger partial charge on any atom is 0.131 e. The van der Waals surface area contributed by atoms with Gasteiger partial charge in [0.15, 0.2) is 0 Å². The zero-order valence-corrected chi connectivity index (χ0v) is 9.92. The molecule has 0 bridgehead atoms. The van der Waals surface area contributed by atoms with Crippen molar-refractivity contribution in [1.82, 2.24) is 0 Å². The molecule has 1 rings (SSSR count). The van der Waals surface area contributed by atoms with Gasteiger partial charge in [0.1, 0.15) is 5.82 Å². The molecule has 0 spiro atoms. The molecule has 0 aromatic heterocycles. The van der Waals surface area contributed by atoms with Crippen molar-refractivity contribution in [3.63, 3.8) is 0 Å². The Hall–Kier alpha value is -1.41. The summed E-state index contributed by atoms with van der Waals surface area (Å²) in [6.45, 7) is 8.82. The fraction of sp³-hybridized carbons (Fsp3) is 0.286. The average molecular weight is 220 g/mol. The topological polar surface area (TPSA) is 20.2 Å². The fourth-order valence-electron chi connectivity index (χ4n) is 1.51. The van der Waals surface area contributed by atoms with Crippen LogP contribution in [0.3, 0.4) is 0 Å². The molecule has 86 valence electrons. The van der Waals surface area contributed by atoms with Crippen molar-refractivity contribution in [2.75, 3.05) is 0 Å². The molecule has 0 aliphatic rings. The van der Waals surface area contributed by atoms with Crippen LogP contribution in [0.25, 0.3) is 5.57 Å². The van der Waals surface area contributed by atoms with Crippen LogP contribution in [0.4, 0.5) is 4.39 Å². The third-order valence-electron chi connectivity index (χ3n) is 2.51. The van der Waals surface area contributed by atoms with E-state index in [9.17, 15) is 9.50 Å². The summed E-state index contributed by atoms with van der Waals surface area (Å²) in [6.07, 6.45) is 3.39. The molecule has 1 aromatic carbocycles. The van der Waals surface area contributed by atoms with Crippen LogP contribution in [-0.2, 0) is 5.60 Å². The van der Waals surface area contributed by atoms with Gasteiger partial charge in [-0.2, -0.15) is 0 Å². The van der Waals surface area contributed by atoms with Gasteiger partial charge >= 0.3 is 0 Å². The van der Waals surface area contributed by atoms with Gasteiger partial charge in [-0.1, -0.05) is 24.8 Å². The number of halogens is 1. The molecule has 0 atom stereocenters. The summed E-state index contributed by atoms with van der Waals surface area (Å²) < 4.78 is 13.6. The Balaban J connectivity index is 3.35. The second-order valence-electron chi connectivity index (χ2n) is 4.20. The Labute approximate surface area is 95.9 Å². The largest absolute Gasteiger partial charge is 0.386 e. The number of hydrogen-bond acceptors (Lipinski definition) is 1. The van der Waals surface area contributed by atoms with Gasteiger partial charge in [-0.05, 0) is 44.0 Å². The lowest BCUT2D eigenvalue weighted by atomic mass is 9.94. The van der Waals surface area contributed by atoms with Gasteiger partial charge < -0.3 is 5.11 Å². The Morgan fingerprint density at radius 3 is 2.50 bits per heavy atom. The van der Waals surface area contributed by atoms with Gasteiger partial charge in [0.05, 0.1) is 5.60 Å². The molecule has 1 nitrogen and oxygen atoms in total. The van der Waals surface area contributed by atoms with Gasteiger partial charge in [-0.25, -0.2) is 4.39 Å². The lowest BCUT2D eigenvalue weighted by Crippen LogP contribution is -2.15. The average Bonchev–Trinajstić information content (AvgIpc) is 2.20. The van der Waals surface area contributed by atoms with Crippen molar-refractivity contribution in [3.05, 3.63) is 53.9 Å². The van der Waals surface area contributed by atoms with Crippen molar-refractivity contribution in [2.45, 2.75) is 26.4 Å². The molecule has 0 saturated heterocycles. The molecule has 16 heavy (non-hydrogen) atoms. The zero-order chi connectivity index (χ0) is 12.3. The summed E-state index contributed by atoms with van der Waals surface area (Å²) in [5.41, 5.74) is 0.911. The minimum Gasteiger partial charge on any atom is -0.386 e. The van der Waals surface area contributed by atoms with Crippen LogP contribution in [0.2, 0.25) is 0 Å². The first-order valence-electron chi connectivity index (χ1n) is 5.21. The van der Waals surface area contributed by atoms with E-state index in [1.165, 1.54) is 6.07 Å². The highest BCUT2D eigenvalue weighted by atomic mass is 19.1. The SMILES string of the molecule is C=C/C(=C\C)c1cc(C(C)(C)O)ccc1F. The summed E-state index contributed by atoms with van der Waals surface area (Å²) in [6, 6.07) is 4.62. The van der Waals surface area contributed by atoms with Crippen LogP contribution >= 0.6 is 0 Å². The summed E-state index contributed by atoms with van der Waals surface area (Å²) in [5, 5.41) is 9.86. The van der Waals surface area contributed by atoms with E-state index >= 15 is 0 Å². The van der Waals surface area contributed by atoms with Crippen molar-refractivity contribution < 1.29 is 9.50 Å². The van der Waals surface area contributed by atoms with Crippen molar-refractivity contribution in [1.29, 1.82) is 0 Å². The van der Waals surface area contributed by atoms with E-state index in [1.54, 1.807) is 38.1 Å². The fourth-order valence-corrected chi connectivity index (χ4v) is 1.51. The molecule has 0 aliphatic carbocycles. The summed E-state index contributed by atoms with van der Waals surface area (Å²) in [7, 11) is 0. The zero-order valence-electron chi connectivity index (χ0n) is 9.92. The Kier molecular flexibility index (Phi) is 3.66. The predicted octanol–water partition coefficient (Wildman–Crippen LogP) is 3.64. The number of allylic oxidation sites excluding steroid dienone is 3. The number of aliphatic hydroxyl groups is 1. The van der Waals surface area contributed by atoms with E-state index in [2.05, 4.69) is 6.58 Å². The lowest BCUT2D eigenvalue weighted by molar-refractivity contribution is 0.0785. The highest BCUT2D eigenvalue weighted by Gasteiger charge is 2.18. The van der Waals surface area contributed by atoms with E-state index in [1.807, 2.05) is 6.92 Å². The van der Waals surface area contributed by atoms with Crippen LogP contribution in [0.5, 0.6) is 0 Å². The number of hydrogen-bond donors (Lipinski definition) is 1. The third-order valence-corrected chi connectivity index (χ3v) is 2.51. The van der Waals surface area contributed by atoms with E-state index in [-0.39, 0.29) is 5.82 Å². The van der Waals surface area contributed by atoms with Gasteiger partial charge in [0, 0.05) is 5.56 Å². The van der Waals surface area contributed by atoms with Crippen LogP contribution in [0.15, 0.2) is 36.9 Å². The number of benzene rings is 1. The molecule has 0 amide bonds. The van der Waals surface area contributed by atoms with E-state index in [4.69, 9.17) is 0 Å². The predicted molar refractivity (Wildman–Crippen MR) is 65.5 cm³/mol. The van der Waals surface area contributed by atoms with Crippen LogP contribution in [-0.4, -0.2) is 5.11 Å². The van der Waals surface area contributed by atoms with Crippen molar-refractivity contribution in [3.8, 4) is 0 Å². The highest BCUT2D eigenvalue weighted by Crippen LogP contribution is 2.26. The second kappa shape index (κ2) is 4.62. The minimum atomic E-state index is -0.970. The molecule has 0 radical (unpaired) electrons. The summed E-state index contributed by atoms with van der Waals surface area (Å²) in [4.78, 5) is 0. The van der Waals surface area contributed by atoms with E-state index < -0.39 is 5.60 Å². The first kappa shape index (κ1) is 12.7. The highest BCUT2D eigenvalue weighted by molar-refractivity contribution is 5.74. The molecule has 1 N–H and O–H groups in total. The molecule has 0 heterocycles. The van der Waals surface area contributed by atoms with Gasteiger partial charge in [0.25, 0.3) is 0 Å². The first-order chi connectivity index (χ1) is 7.40. The molecule has 0 saturated carbocycles. The Morgan fingerprint density at radius 2 is 2.06 bits per heavy atom. The second-order valence-corrected chi connectivity index (χ2v) is 4.20. The molecular weight excluding hydrogens is 203 g/mol. The summed E-state index contributed by atoms with van der Waals surface area (Å²) in [5.74, 6) is -0.305. The maximum absolute atomic E-state index is 13.6. The van der Waals surface area contributed by atoms with Gasteiger partial charge in [-0.3, -0.25) is 0 Å². The molecule has 1 aromatic rings. The van der Waals surface area contributed by atoms with Crippen LogP contribution in [0, 0.1) is 5.82 Å². The first-order valence-corrected chi connectivity index (χ1v) is 5.21. The van der Waals surface area contributed by atoms with E-state index in [0.717, 1.165) is 5.57 Å². The quantitative estimate of drug-likeness (QED) is 0.771. The van der Waals surface area contributed by atoms with Crippen LogP contribution < -0.4 is 0 Å². The number of rotatable bonds is 3. The van der Waals surface area contributed by atoms with Crippen molar-refractivity contribution >= 4 is 5.57 Å². The standard InChI is InChI=1S/C14H17FO/c1-5-10(6-2)12-9-11(14(3,4)16)7-8-13(12)15/h5-9,16H,1H2,2-4H3/b10-6+. The summed E-state index contributed by atoms with van der Waals surface area (Å²) >= 11 is 0. The van der Waals surface area contributed by atoms with E-state index in [0.29, 0.717) is 11.1 Å². The Morgan fingerprint density at radius 1 is 1.44 bits per heavy atom.